The van der Waals surface area contributed by atoms with Gasteiger partial charge >= 0.3 is 0 Å². The van der Waals surface area contributed by atoms with Crippen molar-refractivity contribution in [3.63, 3.8) is 0 Å². The van der Waals surface area contributed by atoms with Gasteiger partial charge in [0.1, 0.15) is 0 Å². The molecule has 0 spiro atoms. The molecule has 16 heavy (non-hydrogen) atoms. The zero-order valence-corrected chi connectivity index (χ0v) is 11.7. The van der Waals surface area contributed by atoms with Gasteiger partial charge in [0.25, 0.3) is 0 Å². The first-order valence-corrected chi connectivity index (χ1v) is 5.47. The number of halogens is 2. The van der Waals surface area contributed by atoms with Crippen LogP contribution in [0, 0.1) is 5.41 Å². The third kappa shape index (κ3) is 3.55. The maximum Gasteiger partial charge on any atom is 0.0410 e. The van der Waals surface area contributed by atoms with Crippen LogP contribution in [0.3, 0.4) is 0 Å². The molecular formula is C12H20Cl2N2. The zero-order chi connectivity index (χ0) is 11.6. The van der Waals surface area contributed by atoms with Crippen LogP contribution in [-0.2, 0) is 0 Å². The van der Waals surface area contributed by atoms with Crippen LogP contribution in [-0.4, -0.2) is 7.05 Å². The van der Waals surface area contributed by atoms with E-state index < -0.39 is 0 Å². The summed E-state index contributed by atoms with van der Waals surface area (Å²) in [5.74, 6) is 0. The molecule has 3 N–H and O–H groups in total. The summed E-state index contributed by atoms with van der Waals surface area (Å²) in [6.45, 7) is 6.37. The van der Waals surface area contributed by atoms with E-state index in [0.717, 1.165) is 16.3 Å². The first-order chi connectivity index (χ1) is 6.86. The van der Waals surface area contributed by atoms with Crippen molar-refractivity contribution in [1.82, 2.24) is 0 Å². The molecule has 0 saturated heterocycles. The number of nitrogens with one attached hydrogen (secondary N) is 1. The number of nitrogens with two attached hydrogens (primary N) is 1. The van der Waals surface area contributed by atoms with Crippen molar-refractivity contribution in [2.75, 3.05) is 12.4 Å². The second-order valence-corrected chi connectivity index (χ2v) is 5.26. The lowest BCUT2D eigenvalue weighted by molar-refractivity contribution is 0.327. The third-order valence-corrected chi connectivity index (χ3v) is 2.79. The Morgan fingerprint density at radius 3 is 2.31 bits per heavy atom. The van der Waals surface area contributed by atoms with Gasteiger partial charge in [-0.15, -0.1) is 12.4 Å². The van der Waals surface area contributed by atoms with Crippen molar-refractivity contribution in [2.24, 2.45) is 11.1 Å². The van der Waals surface area contributed by atoms with Gasteiger partial charge in [-0.1, -0.05) is 32.4 Å². The predicted octanol–water partition coefficient (Wildman–Crippen LogP) is 3.85. The average Bonchev–Trinajstić information content (AvgIpc) is 2.15. The van der Waals surface area contributed by atoms with Gasteiger partial charge in [-0.2, -0.15) is 0 Å². The molecule has 0 unspecified atom stereocenters. The Kier molecular flexibility index (Phi) is 5.60. The molecule has 0 aliphatic carbocycles. The molecular weight excluding hydrogens is 243 g/mol. The Balaban J connectivity index is 0.00000225. The van der Waals surface area contributed by atoms with E-state index in [-0.39, 0.29) is 23.9 Å². The fourth-order valence-corrected chi connectivity index (χ4v) is 1.67. The van der Waals surface area contributed by atoms with Crippen LogP contribution in [0.25, 0.3) is 0 Å². The molecule has 4 heteroatoms. The normalized spacial score (nSPS) is 12.9. The average molecular weight is 263 g/mol. The van der Waals surface area contributed by atoms with Crippen LogP contribution in [0.5, 0.6) is 0 Å². The molecule has 0 aliphatic heterocycles. The molecule has 0 heterocycles. The quantitative estimate of drug-likeness (QED) is 0.850. The maximum atomic E-state index is 6.22. The molecule has 1 aromatic carbocycles. The minimum atomic E-state index is -0.0290. The van der Waals surface area contributed by atoms with Crippen molar-refractivity contribution in [2.45, 2.75) is 26.8 Å². The Morgan fingerprint density at radius 2 is 1.88 bits per heavy atom. The lowest BCUT2D eigenvalue weighted by atomic mass is 9.82. The van der Waals surface area contributed by atoms with Gasteiger partial charge < -0.3 is 11.1 Å². The second kappa shape index (κ2) is 5.76. The highest BCUT2D eigenvalue weighted by atomic mass is 35.5. The fraction of sp³-hybridized carbons (Fsp3) is 0.500. The molecule has 2 nitrogen and oxygen atoms in total. The molecule has 0 radical (unpaired) electrons. The fourth-order valence-electron chi connectivity index (χ4n) is 1.49. The van der Waals surface area contributed by atoms with Crippen molar-refractivity contribution in [3.8, 4) is 0 Å². The molecule has 92 valence electrons. The minimum absolute atomic E-state index is 0. The maximum absolute atomic E-state index is 6.22. The van der Waals surface area contributed by atoms with E-state index in [4.69, 9.17) is 17.3 Å². The van der Waals surface area contributed by atoms with E-state index in [2.05, 4.69) is 26.1 Å². The van der Waals surface area contributed by atoms with Crippen LogP contribution in [0.15, 0.2) is 18.2 Å². The summed E-state index contributed by atoms with van der Waals surface area (Å²) in [4.78, 5) is 0. The summed E-state index contributed by atoms with van der Waals surface area (Å²) >= 11 is 5.98. The van der Waals surface area contributed by atoms with Crippen LogP contribution in [0.2, 0.25) is 5.02 Å². The highest BCUT2D eigenvalue weighted by molar-refractivity contribution is 6.30. The number of anilines is 1. The molecule has 0 bridgehead atoms. The Hall–Kier alpha value is -0.440. The molecule has 0 saturated carbocycles. The summed E-state index contributed by atoms with van der Waals surface area (Å²) in [7, 11) is 1.89. The van der Waals surface area contributed by atoms with Crippen LogP contribution in [0.4, 0.5) is 5.69 Å². The van der Waals surface area contributed by atoms with Gasteiger partial charge in [-0.05, 0) is 29.2 Å². The van der Waals surface area contributed by atoms with Crippen LogP contribution in [0.1, 0.15) is 32.4 Å². The van der Waals surface area contributed by atoms with E-state index in [1.807, 2.05) is 25.2 Å². The Labute approximate surface area is 109 Å². The summed E-state index contributed by atoms with van der Waals surface area (Å²) in [5.41, 5.74) is 8.35. The molecule has 0 aliphatic rings. The third-order valence-electron chi connectivity index (χ3n) is 2.55. The molecule has 1 rings (SSSR count). The summed E-state index contributed by atoms with van der Waals surface area (Å²) < 4.78 is 0. The van der Waals surface area contributed by atoms with Gasteiger partial charge in [0.2, 0.25) is 0 Å². The van der Waals surface area contributed by atoms with Crippen LogP contribution >= 0.6 is 24.0 Å². The Bertz CT molecular complexity index is 345. The zero-order valence-electron chi connectivity index (χ0n) is 10.2. The van der Waals surface area contributed by atoms with E-state index >= 15 is 0 Å². The van der Waals surface area contributed by atoms with Gasteiger partial charge in [-0.3, -0.25) is 0 Å². The minimum Gasteiger partial charge on any atom is -0.388 e. The number of hydrogen-bond donors (Lipinski definition) is 2. The van der Waals surface area contributed by atoms with Crippen molar-refractivity contribution in [1.29, 1.82) is 0 Å². The first-order valence-electron chi connectivity index (χ1n) is 5.09. The SMILES string of the molecule is CNc1ccc(Cl)cc1[C@@H](N)C(C)(C)C.Cl. The monoisotopic (exact) mass is 262 g/mol. The van der Waals surface area contributed by atoms with Crippen molar-refractivity contribution >= 4 is 29.7 Å². The topological polar surface area (TPSA) is 38.0 Å². The lowest BCUT2D eigenvalue weighted by Crippen LogP contribution is -2.27. The van der Waals surface area contributed by atoms with Gasteiger partial charge in [-0.25, -0.2) is 0 Å². The second-order valence-electron chi connectivity index (χ2n) is 4.83. The van der Waals surface area contributed by atoms with Gasteiger partial charge in [0, 0.05) is 23.8 Å². The van der Waals surface area contributed by atoms with Crippen molar-refractivity contribution < 1.29 is 0 Å². The largest absolute Gasteiger partial charge is 0.388 e. The predicted molar refractivity (Wildman–Crippen MR) is 74.6 cm³/mol. The summed E-state index contributed by atoms with van der Waals surface area (Å²) in [5, 5.41) is 3.86. The van der Waals surface area contributed by atoms with E-state index in [1.165, 1.54) is 0 Å². The number of rotatable bonds is 2. The van der Waals surface area contributed by atoms with E-state index in [1.54, 1.807) is 0 Å². The van der Waals surface area contributed by atoms with Crippen molar-refractivity contribution in [3.05, 3.63) is 28.8 Å². The number of benzene rings is 1. The standard InChI is InChI=1S/C12H19ClN2.ClH/c1-12(2,3)11(14)9-7-8(13)5-6-10(9)15-4;/h5-7,11,15H,14H2,1-4H3;1H/t11-;/m1./s1. The highest BCUT2D eigenvalue weighted by Gasteiger charge is 2.24. The smallest absolute Gasteiger partial charge is 0.0410 e. The molecule has 0 fully saturated rings. The molecule has 0 amide bonds. The van der Waals surface area contributed by atoms with E-state index in [0.29, 0.717) is 0 Å². The highest BCUT2D eigenvalue weighted by Crippen LogP contribution is 2.35. The van der Waals surface area contributed by atoms with Gasteiger partial charge in [0.05, 0.1) is 0 Å². The van der Waals surface area contributed by atoms with E-state index in [9.17, 15) is 0 Å². The summed E-state index contributed by atoms with van der Waals surface area (Å²) in [6, 6.07) is 5.73. The van der Waals surface area contributed by atoms with Gasteiger partial charge in [0.15, 0.2) is 0 Å². The first kappa shape index (κ1) is 15.6. The summed E-state index contributed by atoms with van der Waals surface area (Å²) in [6.07, 6.45) is 0. The lowest BCUT2D eigenvalue weighted by Gasteiger charge is -2.29. The molecule has 1 aromatic rings. The molecule has 1 atom stereocenters. The van der Waals surface area contributed by atoms with Crippen LogP contribution < -0.4 is 11.1 Å². The molecule has 0 aromatic heterocycles. The Morgan fingerprint density at radius 1 is 1.31 bits per heavy atom. The number of hydrogen-bond acceptors (Lipinski definition) is 2.